The number of benzene rings is 2. The number of nitrogens with one attached hydrogen (secondary N) is 1. The van der Waals surface area contributed by atoms with Crippen LogP contribution in [-0.2, 0) is 6.18 Å². The van der Waals surface area contributed by atoms with Crippen LogP contribution in [0.15, 0.2) is 72.9 Å². The molecular weight excluding hydrogens is 443 g/mol. The van der Waals surface area contributed by atoms with E-state index >= 15 is 0 Å². The Morgan fingerprint density at radius 2 is 1.41 bits per heavy atom. The molecule has 10 heteroatoms. The lowest BCUT2D eigenvalue weighted by Gasteiger charge is -2.12. The summed E-state index contributed by atoms with van der Waals surface area (Å²) in [6.45, 7) is 1.80. The number of alkyl halides is 3. The van der Waals surface area contributed by atoms with Crippen LogP contribution in [0.5, 0.6) is 0 Å². The number of aromatic nitrogens is 7. The maximum absolute atomic E-state index is 13.6. The monoisotopic (exact) mass is 459 g/mol. The number of hydrogen-bond acceptors (Lipinski definition) is 6. The standard InChI is InChI=1S/C24H16F3N7/c1-14-8-9-19(13-28-14)20-12-21(24(25,26)27)30-22(29-20)17-6-2-4-15(10-17)16-5-3-7-18(11-16)23-31-33-34-32-23/h2-13H,1H3,(H,31,32,33,34). The van der Waals surface area contributed by atoms with E-state index in [9.17, 15) is 13.2 Å². The lowest BCUT2D eigenvalue weighted by molar-refractivity contribution is -0.141. The first kappa shape index (κ1) is 21.4. The Bertz CT molecular complexity index is 1450. The van der Waals surface area contributed by atoms with Gasteiger partial charge in [0, 0.05) is 28.6 Å². The van der Waals surface area contributed by atoms with Gasteiger partial charge in [0.1, 0.15) is 5.69 Å². The maximum atomic E-state index is 13.6. The molecule has 0 fully saturated rings. The van der Waals surface area contributed by atoms with Crippen LogP contribution in [0.3, 0.4) is 0 Å². The summed E-state index contributed by atoms with van der Waals surface area (Å²) in [5.74, 6) is 0.414. The zero-order valence-corrected chi connectivity index (χ0v) is 17.7. The average molecular weight is 459 g/mol. The Morgan fingerprint density at radius 3 is 2.00 bits per heavy atom. The fraction of sp³-hybridized carbons (Fsp3) is 0.0833. The third kappa shape index (κ3) is 4.38. The van der Waals surface area contributed by atoms with Crippen molar-refractivity contribution >= 4 is 0 Å². The molecule has 3 aromatic heterocycles. The SMILES string of the molecule is Cc1ccc(-c2cc(C(F)(F)F)nc(-c3cccc(-c4cccc(-c5nn[nH]n5)c4)c3)n2)cn1. The minimum absolute atomic E-state index is 0.0263. The van der Waals surface area contributed by atoms with Crippen LogP contribution in [0.1, 0.15) is 11.4 Å². The molecular formula is C24H16F3N7. The highest BCUT2D eigenvalue weighted by Crippen LogP contribution is 2.33. The van der Waals surface area contributed by atoms with Crippen LogP contribution >= 0.6 is 0 Å². The predicted octanol–water partition coefficient (Wildman–Crippen LogP) is 5.38. The van der Waals surface area contributed by atoms with Gasteiger partial charge in [-0.1, -0.05) is 36.4 Å². The van der Waals surface area contributed by atoms with Crippen LogP contribution < -0.4 is 0 Å². The van der Waals surface area contributed by atoms with E-state index in [1.165, 1.54) is 6.20 Å². The van der Waals surface area contributed by atoms with Crippen molar-refractivity contribution in [2.24, 2.45) is 0 Å². The molecule has 5 aromatic rings. The molecule has 0 amide bonds. The number of hydrogen-bond donors (Lipinski definition) is 1. The second kappa shape index (κ2) is 8.47. The Labute approximate surface area is 191 Å². The van der Waals surface area contributed by atoms with Gasteiger partial charge in [-0.3, -0.25) is 4.98 Å². The number of halogens is 3. The Morgan fingerprint density at radius 1 is 0.735 bits per heavy atom. The molecule has 34 heavy (non-hydrogen) atoms. The number of aryl methyl sites for hydroxylation is 1. The van der Waals surface area contributed by atoms with E-state index < -0.39 is 11.9 Å². The van der Waals surface area contributed by atoms with E-state index in [1.54, 1.807) is 37.3 Å². The molecule has 2 aromatic carbocycles. The lowest BCUT2D eigenvalue weighted by Crippen LogP contribution is -2.10. The third-order valence-corrected chi connectivity index (χ3v) is 5.14. The first-order valence-corrected chi connectivity index (χ1v) is 10.2. The number of rotatable bonds is 4. The van der Waals surface area contributed by atoms with E-state index in [2.05, 4.69) is 35.6 Å². The average Bonchev–Trinajstić information content (AvgIpc) is 3.39. The van der Waals surface area contributed by atoms with E-state index in [-0.39, 0.29) is 11.5 Å². The zero-order chi connectivity index (χ0) is 23.7. The topological polar surface area (TPSA) is 93.1 Å². The van der Waals surface area contributed by atoms with Gasteiger partial charge in [0.25, 0.3) is 0 Å². The molecule has 0 unspecified atom stereocenters. The highest BCUT2D eigenvalue weighted by molar-refractivity contribution is 5.74. The number of nitrogens with zero attached hydrogens (tertiary/aromatic N) is 6. The fourth-order valence-corrected chi connectivity index (χ4v) is 3.45. The summed E-state index contributed by atoms with van der Waals surface area (Å²) >= 11 is 0. The summed E-state index contributed by atoms with van der Waals surface area (Å²) in [6, 6.07) is 18.8. The molecule has 0 bridgehead atoms. The highest BCUT2D eigenvalue weighted by Gasteiger charge is 2.34. The van der Waals surface area contributed by atoms with Crippen molar-refractivity contribution in [2.45, 2.75) is 13.1 Å². The molecule has 0 saturated carbocycles. The van der Waals surface area contributed by atoms with Gasteiger partial charge in [0.15, 0.2) is 5.82 Å². The smallest absolute Gasteiger partial charge is 0.261 e. The highest BCUT2D eigenvalue weighted by atomic mass is 19.4. The summed E-state index contributed by atoms with van der Waals surface area (Å²) in [5.41, 5.74) is 3.18. The molecule has 0 atom stereocenters. The number of tetrazole rings is 1. The van der Waals surface area contributed by atoms with Crippen molar-refractivity contribution in [2.75, 3.05) is 0 Å². The van der Waals surface area contributed by atoms with Crippen molar-refractivity contribution in [1.29, 1.82) is 0 Å². The van der Waals surface area contributed by atoms with Crippen LogP contribution in [0, 0.1) is 6.92 Å². The quantitative estimate of drug-likeness (QED) is 0.388. The van der Waals surface area contributed by atoms with Gasteiger partial charge in [-0.2, -0.15) is 18.4 Å². The van der Waals surface area contributed by atoms with Gasteiger partial charge in [0.2, 0.25) is 5.82 Å². The second-order valence-electron chi connectivity index (χ2n) is 7.55. The van der Waals surface area contributed by atoms with Crippen molar-refractivity contribution in [3.63, 3.8) is 0 Å². The molecule has 3 heterocycles. The first-order chi connectivity index (χ1) is 16.4. The zero-order valence-electron chi connectivity index (χ0n) is 17.7. The summed E-state index contributed by atoms with van der Waals surface area (Å²) in [6.07, 6.45) is -3.12. The molecule has 0 aliphatic carbocycles. The van der Waals surface area contributed by atoms with Gasteiger partial charge >= 0.3 is 6.18 Å². The lowest BCUT2D eigenvalue weighted by atomic mass is 10.0. The number of H-pyrrole nitrogens is 1. The maximum Gasteiger partial charge on any atom is 0.433 e. The molecule has 0 radical (unpaired) electrons. The number of aromatic amines is 1. The summed E-state index contributed by atoms with van der Waals surface area (Å²) in [7, 11) is 0. The van der Waals surface area contributed by atoms with Crippen LogP contribution in [0.25, 0.3) is 45.2 Å². The van der Waals surface area contributed by atoms with E-state index in [1.807, 2.05) is 30.3 Å². The largest absolute Gasteiger partial charge is 0.433 e. The molecule has 5 rings (SSSR count). The molecule has 0 saturated heterocycles. The minimum Gasteiger partial charge on any atom is -0.261 e. The fourth-order valence-electron chi connectivity index (χ4n) is 3.45. The van der Waals surface area contributed by atoms with E-state index in [4.69, 9.17) is 0 Å². The summed E-state index contributed by atoms with van der Waals surface area (Å²) in [5, 5.41) is 14.0. The van der Waals surface area contributed by atoms with Crippen LogP contribution in [0.2, 0.25) is 0 Å². The van der Waals surface area contributed by atoms with Crippen molar-refractivity contribution in [3.8, 4) is 45.2 Å². The summed E-state index contributed by atoms with van der Waals surface area (Å²) in [4.78, 5) is 12.4. The third-order valence-electron chi connectivity index (χ3n) is 5.14. The minimum atomic E-state index is -4.62. The van der Waals surface area contributed by atoms with Gasteiger partial charge in [0.05, 0.1) is 5.69 Å². The number of pyridine rings is 1. The molecule has 0 aliphatic rings. The summed E-state index contributed by atoms with van der Waals surface area (Å²) < 4.78 is 40.9. The molecule has 7 nitrogen and oxygen atoms in total. The van der Waals surface area contributed by atoms with E-state index in [0.29, 0.717) is 17.0 Å². The van der Waals surface area contributed by atoms with E-state index in [0.717, 1.165) is 28.5 Å². The van der Waals surface area contributed by atoms with Gasteiger partial charge in [-0.05, 0) is 53.6 Å². The second-order valence-corrected chi connectivity index (χ2v) is 7.55. The normalized spacial score (nSPS) is 11.5. The van der Waals surface area contributed by atoms with Crippen molar-refractivity contribution in [1.82, 2.24) is 35.6 Å². The Kier molecular flexibility index (Phi) is 5.33. The molecule has 1 N–H and O–H groups in total. The molecule has 0 spiro atoms. The van der Waals surface area contributed by atoms with Gasteiger partial charge < -0.3 is 0 Å². The van der Waals surface area contributed by atoms with Crippen molar-refractivity contribution in [3.05, 3.63) is 84.3 Å². The predicted molar refractivity (Wildman–Crippen MR) is 119 cm³/mol. The van der Waals surface area contributed by atoms with Crippen molar-refractivity contribution < 1.29 is 13.2 Å². The first-order valence-electron chi connectivity index (χ1n) is 10.2. The Hall–Kier alpha value is -4.47. The van der Waals surface area contributed by atoms with Crippen LogP contribution in [0.4, 0.5) is 13.2 Å². The Balaban J connectivity index is 1.59. The molecule has 168 valence electrons. The van der Waals surface area contributed by atoms with Crippen LogP contribution in [-0.4, -0.2) is 35.6 Å². The van der Waals surface area contributed by atoms with Gasteiger partial charge in [-0.25, -0.2) is 9.97 Å². The molecule has 0 aliphatic heterocycles. The van der Waals surface area contributed by atoms with Gasteiger partial charge in [-0.15, -0.1) is 10.2 Å².